The Morgan fingerprint density at radius 2 is 1.97 bits per heavy atom. The zero-order valence-corrected chi connectivity index (χ0v) is 19.2. The fourth-order valence-corrected chi connectivity index (χ4v) is 5.39. The number of fused-ring (bicyclic) bond motifs is 1. The van der Waals surface area contributed by atoms with E-state index in [1.165, 1.54) is 35.0 Å². The van der Waals surface area contributed by atoms with Crippen LogP contribution in [-0.2, 0) is 22.5 Å². The van der Waals surface area contributed by atoms with Crippen LogP contribution < -0.4 is 5.32 Å². The maximum absolute atomic E-state index is 13.4. The van der Waals surface area contributed by atoms with Crippen molar-refractivity contribution in [1.29, 1.82) is 0 Å². The first-order chi connectivity index (χ1) is 16.2. The fourth-order valence-electron chi connectivity index (χ4n) is 4.63. The van der Waals surface area contributed by atoms with Crippen molar-refractivity contribution < 1.29 is 13.9 Å². The summed E-state index contributed by atoms with van der Waals surface area (Å²) in [5.74, 6) is 0.608. The van der Waals surface area contributed by atoms with E-state index in [1.54, 1.807) is 12.1 Å². The van der Waals surface area contributed by atoms with Crippen LogP contribution in [0.3, 0.4) is 0 Å². The quantitative estimate of drug-likeness (QED) is 0.518. The van der Waals surface area contributed by atoms with E-state index < -0.39 is 0 Å². The molecule has 1 N–H and O–H groups in total. The molecule has 6 nitrogen and oxygen atoms in total. The zero-order valence-electron chi connectivity index (χ0n) is 18.4. The van der Waals surface area contributed by atoms with Crippen molar-refractivity contribution >= 4 is 17.7 Å². The third-order valence-corrected chi connectivity index (χ3v) is 7.23. The summed E-state index contributed by atoms with van der Waals surface area (Å²) < 4.78 is 21.2. The predicted molar refractivity (Wildman–Crippen MR) is 125 cm³/mol. The van der Waals surface area contributed by atoms with E-state index in [2.05, 4.69) is 33.7 Å². The number of nitrogens with zero attached hydrogens (tertiary/aromatic N) is 3. The third kappa shape index (κ3) is 5.12. The average molecular weight is 467 g/mol. The molecule has 0 saturated carbocycles. The van der Waals surface area contributed by atoms with Crippen molar-refractivity contribution in [2.24, 2.45) is 0 Å². The molecule has 33 heavy (non-hydrogen) atoms. The largest absolute Gasteiger partial charge is 0.376 e. The lowest BCUT2D eigenvalue weighted by atomic mass is 9.88. The number of ether oxygens (including phenoxy) is 1. The number of nitrogens with one attached hydrogen (secondary N) is 1. The molecule has 0 bridgehead atoms. The Labute approximate surface area is 196 Å². The SMILES string of the molecule is O=C(CSc1nnc(-c2ccc(F)cc2)n1C[C@H]1CCCO1)N[C@H]1CCCc2ccccc21. The second-order valence-electron chi connectivity index (χ2n) is 8.56. The van der Waals surface area contributed by atoms with Crippen LogP contribution in [0.5, 0.6) is 0 Å². The number of carbonyl (C=O) groups is 1. The molecule has 0 spiro atoms. The Morgan fingerprint density at radius 1 is 1.12 bits per heavy atom. The molecule has 3 aromatic rings. The molecule has 2 heterocycles. The van der Waals surface area contributed by atoms with Crippen LogP contribution in [0.2, 0.25) is 0 Å². The van der Waals surface area contributed by atoms with E-state index >= 15 is 0 Å². The topological polar surface area (TPSA) is 69.0 Å². The van der Waals surface area contributed by atoms with E-state index in [9.17, 15) is 9.18 Å². The molecule has 172 valence electrons. The molecule has 1 aromatic heterocycles. The Kier molecular flexibility index (Phi) is 6.73. The maximum Gasteiger partial charge on any atom is 0.230 e. The molecular weight excluding hydrogens is 439 g/mol. The predicted octanol–water partition coefficient (Wildman–Crippen LogP) is 4.55. The minimum atomic E-state index is -0.292. The molecule has 2 atom stereocenters. The number of hydrogen-bond acceptors (Lipinski definition) is 5. The first kappa shape index (κ1) is 22.1. The summed E-state index contributed by atoms with van der Waals surface area (Å²) in [5, 5.41) is 12.6. The number of aromatic nitrogens is 3. The number of hydrogen-bond donors (Lipinski definition) is 1. The molecule has 2 aliphatic rings. The van der Waals surface area contributed by atoms with Gasteiger partial charge in [-0.3, -0.25) is 9.36 Å². The van der Waals surface area contributed by atoms with Gasteiger partial charge in [0.2, 0.25) is 5.91 Å². The molecule has 0 radical (unpaired) electrons. The summed E-state index contributed by atoms with van der Waals surface area (Å²) in [6.07, 6.45) is 5.20. The molecule has 0 unspecified atom stereocenters. The Morgan fingerprint density at radius 3 is 2.79 bits per heavy atom. The molecule has 1 amide bonds. The Balaban J connectivity index is 1.30. The minimum Gasteiger partial charge on any atom is -0.376 e. The number of amides is 1. The Bertz CT molecular complexity index is 1110. The summed E-state index contributed by atoms with van der Waals surface area (Å²) in [6, 6.07) is 14.6. The standard InChI is InChI=1S/C25H27FN4O2S/c26-19-12-10-18(11-13-19)24-28-29-25(30(24)15-20-7-4-14-32-20)33-16-23(31)27-22-9-3-6-17-5-1-2-8-21(17)22/h1-2,5,8,10-13,20,22H,3-4,6-7,9,14-16H2,(H,27,31)/t20-,22+/m1/s1. The van der Waals surface area contributed by atoms with Crippen LogP contribution in [-0.4, -0.2) is 39.1 Å². The van der Waals surface area contributed by atoms with Gasteiger partial charge in [-0.25, -0.2) is 4.39 Å². The third-order valence-electron chi connectivity index (χ3n) is 6.27. The summed E-state index contributed by atoms with van der Waals surface area (Å²) in [5.41, 5.74) is 3.33. The van der Waals surface area contributed by atoms with E-state index in [0.717, 1.165) is 44.3 Å². The van der Waals surface area contributed by atoms with Gasteiger partial charge in [-0.1, -0.05) is 36.0 Å². The lowest BCUT2D eigenvalue weighted by molar-refractivity contribution is -0.119. The van der Waals surface area contributed by atoms with Gasteiger partial charge in [-0.2, -0.15) is 0 Å². The van der Waals surface area contributed by atoms with Crippen LogP contribution in [0.25, 0.3) is 11.4 Å². The van der Waals surface area contributed by atoms with Crippen LogP contribution >= 0.6 is 11.8 Å². The van der Waals surface area contributed by atoms with Gasteiger partial charge in [0, 0.05) is 12.2 Å². The highest BCUT2D eigenvalue weighted by molar-refractivity contribution is 7.99. The van der Waals surface area contributed by atoms with Gasteiger partial charge in [-0.15, -0.1) is 10.2 Å². The van der Waals surface area contributed by atoms with Gasteiger partial charge in [0.15, 0.2) is 11.0 Å². The molecule has 1 fully saturated rings. The number of benzene rings is 2. The summed E-state index contributed by atoms with van der Waals surface area (Å²) >= 11 is 1.37. The molecular formula is C25H27FN4O2S. The normalized spacial score (nSPS) is 19.9. The number of halogens is 1. The molecule has 2 aromatic carbocycles. The summed E-state index contributed by atoms with van der Waals surface area (Å²) in [6.45, 7) is 1.37. The van der Waals surface area contributed by atoms with Crippen LogP contribution in [0.15, 0.2) is 53.7 Å². The first-order valence-corrected chi connectivity index (χ1v) is 12.5. The van der Waals surface area contributed by atoms with Crippen molar-refractivity contribution in [3.63, 3.8) is 0 Å². The van der Waals surface area contributed by atoms with Crippen LogP contribution in [0.4, 0.5) is 4.39 Å². The lowest BCUT2D eigenvalue weighted by Gasteiger charge is -2.26. The van der Waals surface area contributed by atoms with E-state index in [-0.39, 0.29) is 29.6 Å². The highest BCUT2D eigenvalue weighted by Gasteiger charge is 2.24. The van der Waals surface area contributed by atoms with E-state index in [1.807, 2.05) is 10.6 Å². The van der Waals surface area contributed by atoms with Crippen molar-refractivity contribution in [1.82, 2.24) is 20.1 Å². The van der Waals surface area contributed by atoms with Gasteiger partial charge in [0.1, 0.15) is 5.82 Å². The van der Waals surface area contributed by atoms with Gasteiger partial charge in [0.05, 0.1) is 24.4 Å². The van der Waals surface area contributed by atoms with Crippen molar-refractivity contribution in [2.45, 2.75) is 56.0 Å². The second kappa shape index (κ2) is 10.1. The number of rotatable bonds is 7. The van der Waals surface area contributed by atoms with Gasteiger partial charge in [0.25, 0.3) is 0 Å². The molecule has 1 aliphatic carbocycles. The number of aryl methyl sites for hydroxylation is 1. The van der Waals surface area contributed by atoms with E-state index in [4.69, 9.17) is 4.74 Å². The van der Waals surface area contributed by atoms with Crippen molar-refractivity contribution in [3.05, 3.63) is 65.5 Å². The molecule has 5 rings (SSSR count). The number of carbonyl (C=O) groups excluding carboxylic acids is 1. The van der Waals surface area contributed by atoms with Crippen LogP contribution in [0, 0.1) is 5.82 Å². The summed E-state index contributed by atoms with van der Waals surface area (Å²) in [7, 11) is 0. The van der Waals surface area contributed by atoms with Gasteiger partial charge in [-0.05, 0) is 67.5 Å². The van der Waals surface area contributed by atoms with Crippen molar-refractivity contribution in [2.75, 3.05) is 12.4 Å². The zero-order chi connectivity index (χ0) is 22.6. The second-order valence-corrected chi connectivity index (χ2v) is 9.50. The number of thioether (sulfide) groups is 1. The monoisotopic (exact) mass is 466 g/mol. The maximum atomic E-state index is 13.4. The van der Waals surface area contributed by atoms with Crippen LogP contribution in [0.1, 0.15) is 42.9 Å². The minimum absolute atomic E-state index is 0.0169. The van der Waals surface area contributed by atoms with Gasteiger partial charge < -0.3 is 10.1 Å². The van der Waals surface area contributed by atoms with Gasteiger partial charge >= 0.3 is 0 Å². The van der Waals surface area contributed by atoms with Crippen molar-refractivity contribution in [3.8, 4) is 11.4 Å². The highest BCUT2D eigenvalue weighted by atomic mass is 32.2. The van der Waals surface area contributed by atoms with E-state index in [0.29, 0.717) is 17.5 Å². The lowest BCUT2D eigenvalue weighted by Crippen LogP contribution is -2.32. The highest BCUT2D eigenvalue weighted by Crippen LogP contribution is 2.30. The first-order valence-electron chi connectivity index (χ1n) is 11.5. The molecule has 8 heteroatoms. The Hall–Kier alpha value is -2.71. The molecule has 1 saturated heterocycles. The molecule has 1 aliphatic heterocycles. The average Bonchev–Trinajstić information content (AvgIpc) is 3.49. The smallest absolute Gasteiger partial charge is 0.230 e. The summed E-state index contributed by atoms with van der Waals surface area (Å²) in [4.78, 5) is 12.8. The fraction of sp³-hybridized carbons (Fsp3) is 0.400.